The summed E-state index contributed by atoms with van der Waals surface area (Å²) in [7, 11) is -2.14. The van der Waals surface area contributed by atoms with Crippen LogP contribution in [0.5, 0.6) is 11.5 Å². The third kappa shape index (κ3) is 7.58. The van der Waals surface area contributed by atoms with Gasteiger partial charge in [-0.15, -0.1) is 12.4 Å². The van der Waals surface area contributed by atoms with Crippen molar-refractivity contribution in [2.24, 2.45) is 5.14 Å². The van der Waals surface area contributed by atoms with Gasteiger partial charge in [0.05, 0.1) is 17.0 Å². The molecule has 33 heavy (non-hydrogen) atoms. The molecule has 0 heterocycles. The molecule has 0 bridgehead atoms. The number of benzene rings is 3. The molecule has 6 nitrogen and oxygen atoms in total. The van der Waals surface area contributed by atoms with E-state index in [9.17, 15) is 12.8 Å². The molecule has 0 fully saturated rings. The first-order valence-corrected chi connectivity index (χ1v) is 11.8. The average Bonchev–Trinajstić information content (AvgIpc) is 2.76. The van der Waals surface area contributed by atoms with Gasteiger partial charge in [0.2, 0.25) is 10.0 Å². The molecule has 3 aromatic carbocycles. The van der Waals surface area contributed by atoms with E-state index < -0.39 is 15.8 Å². The molecule has 0 unspecified atom stereocenters. The van der Waals surface area contributed by atoms with Crippen LogP contribution in [-0.2, 0) is 29.6 Å². The van der Waals surface area contributed by atoms with Crippen LogP contribution in [0.15, 0.2) is 65.6 Å². The van der Waals surface area contributed by atoms with E-state index >= 15 is 0 Å². The first-order chi connectivity index (χ1) is 15.3. The van der Waals surface area contributed by atoms with E-state index in [-0.39, 0.29) is 23.9 Å². The number of hydrogen-bond acceptors (Lipinski definition) is 5. The highest BCUT2D eigenvalue weighted by atomic mass is 35.5. The minimum Gasteiger partial charge on any atom is -0.493 e. The summed E-state index contributed by atoms with van der Waals surface area (Å²) in [5.41, 5.74) is 2.28. The molecular weight excluding hydrogens is 490 g/mol. The smallest absolute Gasteiger partial charge is 0.238 e. The topological polar surface area (TPSA) is 90.6 Å². The van der Waals surface area contributed by atoms with Crippen LogP contribution in [0, 0.1) is 5.82 Å². The standard InChI is InChI=1S/C23H24ClFN2O4S.ClH/c1-30-23-13-17(7-10-22(23)31-15-19-20(24)3-2-4-21(19)25)14-27-12-11-16-5-8-18(9-6-16)32(26,28)29;/h2-10,13,27H,11-12,14-15H2,1H3,(H2,26,28,29);1H. The molecule has 3 N–H and O–H groups in total. The molecular formula is C23H25Cl2FN2O4S. The molecule has 3 rings (SSSR count). The summed E-state index contributed by atoms with van der Waals surface area (Å²) in [4.78, 5) is 0.0980. The minimum atomic E-state index is -3.68. The maximum atomic E-state index is 13.9. The lowest BCUT2D eigenvalue weighted by atomic mass is 10.1. The van der Waals surface area contributed by atoms with Crippen molar-refractivity contribution in [2.45, 2.75) is 24.5 Å². The number of ether oxygens (including phenoxy) is 2. The third-order valence-corrected chi connectivity index (χ3v) is 6.12. The second kappa shape index (κ2) is 12.2. The summed E-state index contributed by atoms with van der Waals surface area (Å²) in [6.45, 7) is 1.29. The molecule has 0 saturated heterocycles. The number of hydrogen-bond donors (Lipinski definition) is 2. The molecule has 3 aromatic rings. The molecule has 0 aliphatic heterocycles. The lowest BCUT2D eigenvalue weighted by molar-refractivity contribution is 0.279. The van der Waals surface area contributed by atoms with Crippen molar-refractivity contribution in [3.05, 3.63) is 88.2 Å². The van der Waals surface area contributed by atoms with Crippen LogP contribution in [-0.4, -0.2) is 22.1 Å². The average molecular weight is 515 g/mol. The summed E-state index contributed by atoms with van der Waals surface area (Å²) in [5.74, 6) is 0.609. The number of halogens is 3. The first-order valence-electron chi connectivity index (χ1n) is 9.83. The van der Waals surface area contributed by atoms with Gasteiger partial charge in [-0.2, -0.15) is 0 Å². The predicted molar refractivity (Wildman–Crippen MR) is 129 cm³/mol. The van der Waals surface area contributed by atoms with Gasteiger partial charge in [0.1, 0.15) is 12.4 Å². The summed E-state index contributed by atoms with van der Waals surface area (Å²) >= 11 is 6.05. The van der Waals surface area contributed by atoms with E-state index in [0.29, 0.717) is 35.2 Å². The van der Waals surface area contributed by atoms with Crippen LogP contribution in [0.2, 0.25) is 5.02 Å². The highest BCUT2D eigenvalue weighted by Gasteiger charge is 2.11. The maximum absolute atomic E-state index is 13.9. The van der Waals surface area contributed by atoms with Gasteiger partial charge in [0, 0.05) is 12.1 Å². The van der Waals surface area contributed by atoms with Gasteiger partial charge in [0.25, 0.3) is 0 Å². The fourth-order valence-corrected chi connectivity index (χ4v) is 3.81. The second-order valence-corrected chi connectivity index (χ2v) is 9.06. The summed E-state index contributed by atoms with van der Waals surface area (Å²) < 4.78 is 47.7. The lowest BCUT2D eigenvalue weighted by Gasteiger charge is -2.14. The number of sulfonamides is 1. The van der Waals surface area contributed by atoms with Crippen LogP contribution in [0.3, 0.4) is 0 Å². The molecule has 0 atom stereocenters. The monoisotopic (exact) mass is 514 g/mol. The second-order valence-electron chi connectivity index (χ2n) is 7.09. The van der Waals surface area contributed by atoms with Crippen LogP contribution in [0.1, 0.15) is 16.7 Å². The van der Waals surface area contributed by atoms with Gasteiger partial charge >= 0.3 is 0 Å². The van der Waals surface area contributed by atoms with Crippen LogP contribution in [0.25, 0.3) is 0 Å². The fourth-order valence-electron chi connectivity index (χ4n) is 3.07. The first kappa shape index (κ1) is 26.9. The third-order valence-electron chi connectivity index (χ3n) is 4.83. The Morgan fingerprint density at radius 1 is 1.03 bits per heavy atom. The van der Waals surface area contributed by atoms with Gasteiger partial charge in [-0.3, -0.25) is 0 Å². The normalized spacial score (nSPS) is 11.0. The number of primary sulfonamides is 1. The van der Waals surface area contributed by atoms with Crippen molar-refractivity contribution in [1.82, 2.24) is 5.32 Å². The van der Waals surface area contributed by atoms with Crippen molar-refractivity contribution in [3.8, 4) is 11.5 Å². The summed E-state index contributed by atoms with van der Waals surface area (Å²) in [5, 5.41) is 8.75. The Morgan fingerprint density at radius 3 is 2.36 bits per heavy atom. The van der Waals surface area contributed by atoms with E-state index in [2.05, 4.69) is 5.32 Å². The molecule has 0 saturated carbocycles. The van der Waals surface area contributed by atoms with Crippen molar-refractivity contribution in [1.29, 1.82) is 0 Å². The zero-order chi connectivity index (χ0) is 23.1. The van der Waals surface area contributed by atoms with E-state index in [4.69, 9.17) is 26.2 Å². The number of nitrogens with one attached hydrogen (secondary N) is 1. The number of rotatable bonds is 10. The van der Waals surface area contributed by atoms with E-state index in [1.165, 1.54) is 18.2 Å². The summed E-state index contributed by atoms with van der Waals surface area (Å²) in [6.07, 6.45) is 0.729. The molecule has 0 amide bonds. The van der Waals surface area contributed by atoms with Crippen molar-refractivity contribution in [3.63, 3.8) is 0 Å². The van der Waals surface area contributed by atoms with Gasteiger partial charge < -0.3 is 14.8 Å². The predicted octanol–water partition coefficient (Wildman–Crippen LogP) is 4.47. The van der Waals surface area contributed by atoms with Crippen LogP contribution >= 0.6 is 24.0 Å². The summed E-state index contributed by atoms with van der Waals surface area (Å²) in [6, 6.07) is 16.5. The zero-order valence-electron chi connectivity index (χ0n) is 17.9. The van der Waals surface area contributed by atoms with Crippen molar-refractivity contribution in [2.75, 3.05) is 13.7 Å². The van der Waals surface area contributed by atoms with E-state index in [1.807, 2.05) is 12.1 Å². The highest BCUT2D eigenvalue weighted by Crippen LogP contribution is 2.30. The van der Waals surface area contributed by atoms with Gasteiger partial charge in [0.15, 0.2) is 11.5 Å². The van der Waals surface area contributed by atoms with E-state index in [1.54, 1.807) is 37.4 Å². The van der Waals surface area contributed by atoms with Crippen LogP contribution in [0.4, 0.5) is 4.39 Å². The molecule has 0 radical (unpaired) electrons. The molecule has 0 aliphatic rings. The maximum Gasteiger partial charge on any atom is 0.238 e. The Kier molecular flexibility index (Phi) is 9.94. The lowest BCUT2D eigenvalue weighted by Crippen LogP contribution is -2.17. The Hall–Kier alpha value is -2.36. The van der Waals surface area contributed by atoms with Gasteiger partial charge in [-0.05, 0) is 60.5 Å². The molecule has 0 aromatic heterocycles. The van der Waals surface area contributed by atoms with Gasteiger partial charge in [-0.25, -0.2) is 17.9 Å². The van der Waals surface area contributed by atoms with Crippen molar-refractivity contribution >= 4 is 34.0 Å². The Bertz CT molecular complexity index is 1160. The Morgan fingerprint density at radius 2 is 1.73 bits per heavy atom. The van der Waals surface area contributed by atoms with E-state index in [0.717, 1.165) is 17.5 Å². The Balaban J connectivity index is 0.00000385. The molecule has 0 aliphatic carbocycles. The SMILES string of the molecule is COc1cc(CNCCc2ccc(S(N)(=O)=O)cc2)ccc1OCc1c(F)cccc1Cl.Cl. The van der Waals surface area contributed by atoms with Crippen molar-refractivity contribution < 1.29 is 22.3 Å². The van der Waals surface area contributed by atoms with Gasteiger partial charge in [-0.1, -0.05) is 35.9 Å². The number of nitrogens with two attached hydrogens (primary N) is 1. The molecule has 0 spiro atoms. The molecule has 178 valence electrons. The zero-order valence-corrected chi connectivity index (χ0v) is 20.3. The fraction of sp³-hybridized carbons (Fsp3) is 0.217. The molecule has 10 heteroatoms. The minimum absolute atomic E-state index is 0. The largest absolute Gasteiger partial charge is 0.493 e. The highest BCUT2D eigenvalue weighted by molar-refractivity contribution is 7.89. The number of methoxy groups -OCH3 is 1. The quantitative estimate of drug-likeness (QED) is 0.389. The van der Waals surface area contributed by atoms with Crippen LogP contribution < -0.4 is 19.9 Å². The Labute approximate surface area is 204 Å².